The third kappa shape index (κ3) is 3.82. The third-order valence-corrected chi connectivity index (χ3v) is 2.26. The fourth-order valence-electron chi connectivity index (χ4n) is 1.38. The summed E-state index contributed by atoms with van der Waals surface area (Å²) in [5.41, 5.74) is 1.15. The van der Waals surface area contributed by atoms with Gasteiger partial charge in [0.25, 0.3) is 0 Å². The lowest BCUT2D eigenvalue weighted by Gasteiger charge is -2.10. The Hall–Kier alpha value is -1.69. The molecule has 0 saturated carbocycles. The first kappa shape index (κ1) is 12.4. The molecule has 0 amide bonds. The summed E-state index contributed by atoms with van der Waals surface area (Å²) in [5.74, 6) is 1.53. The van der Waals surface area contributed by atoms with Crippen molar-refractivity contribution in [1.82, 2.24) is 0 Å². The molecule has 1 aromatic carbocycles. The average molecular weight is 219 g/mol. The first-order valence-corrected chi connectivity index (χ1v) is 5.42. The van der Waals surface area contributed by atoms with Crippen molar-refractivity contribution in [2.45, 2.75) is 26.2 Å². The standard InChI is InChI=1S/C13H17NO2/c1-11-6-7-12(13(10-11)15-2)16-9-5-3-4-8-14/h6-7,10H,3-5,9H2,1-2H3. The molecule has 1 aromatic rings. The van der Waals surface area contributed by atoms with Crippen LogP contribution in [0.15, 0.2) is 18.2 Å². The molecule has 0 aliphatic heterocycles. The van der Waals surface area contributed by atoms with E-state index in [0.29, 0.717) is 13.0 Å². The van der Waals surface area contributed by atoms with E-state index in [2.05, 4.69) is 6.07 Å². The summed E-state index contributed by atoms with van der Waals surface area (Å²) in [6, 6.07) is 7.97. The minimum atomic E-state index is 0.592. The molecule has 0 unspecified atom stereocenters. The normalized spacial score (nSPS) is 9.56. The number of aryl methyl sites for hydroxylation is 1. The van der Waals surface area contributed by atoms with Gasteiger partial charge in [-0.2, -0.15) is 5.26 Å². The van der Waals surface area contributed by atoms with Gasteiger partial charge in [0.05, 0.1) is 19.8 Å². The second-order valence-corrected chi connectivity index (χ2v) is 3.62. The van der Waals surface area contributed by atoms with Crippen LogP contribution < -0.4 is 9.47 Å². The molecule has 0 aliphatic rings. The van der Waals surface area contributed by atoms with Crippen LogP contribution in [0.1, 0.15) is 24.8 Å². The summed E-state index contributed by atoms with van der Waals surface area (Å²) in [7, 11) is 1.64. The zero-order valence-corrected chi connectivity index (χ0v) is 9.82. The Morgan fingerprint density at radius 3 is 2.75 bits per heavy atom. The molecule has 3 nitrogen and oxygen atoms in total. The molecule has 0 fully saturated rings. The number of nitrogens with zero attached hydrogens (tertiary/aromatic N) is 1. The predicted molar refractivity (Wildman–Crippen MR) is 62.7 cm³/mol. The summed E-state index contributed by atoms with van der Waals surface area (Å²) in [6.45, 7) is 2.64. The van der Waals surface area contributed by atoms with Gasteiger partial charge in [0.1, 0.15) is 0 Å². The lowest BCUT2D eigenvalue weighted by molar-refractivity contribution is 0.287. The number of hydrogen-bond acceptors (Lipinski definition) is 3. The van der Waals surface area contributed by atoms with Crippen LogP contribution in [0.2, 0.25) is 0 Å². The number of unbranched alkanes of at least 4 members (excludes halogenated alkanes) is 2. The number of methoxy groups -OCH3 is 1. The molecule has 16 heavy (non-hydrogen) atoms. The van der Waals surface area contributed by atoms with Crippen LogP contribution in [0, 0.1) is 18.3 Å². The summed E-state index contributed by atoms with van der Waals surface area (Å²) in [5, 5.41) is 8.38. The molecule has 0 aromatic heterocycles. The molecule has 3 heteroatoms. The van der Waals surface area contributed by atoms with Crippen molar-refractivity contribution in [2.75, 3.05) is 13.7 Å². The second kappa shape index (κ2) is 6.73. The first-order valence-electron chi connectivity index (χ1n) is 5.42. The van der Waals surface area contributed by atoms with E-state index in [9.17, 15) is 0 Å². The summed E-state index contributed by atoms with van der Waals surface area (Å²) in [6.07, 6.45) is 2.36. The minimum Gasteiger partial charge on any atom is -0.493 e. The van der Waals surface area contributed by atoms with Crippen LogP contribution in [-0.2, 0) is 0 Å². The maximum atomic E-state index is 8.38. The quantitative estimate of drug-likeness (QED) is 0.690. The van der Waals surface area contributed by atoms with E-state index < -0.39 is 0 Å². The number of nitriles is 1. The molecular formula is C13H17NO2. The van der Waals surface area contributed by atoms with Gasteiger partial charge in [-0.15, -0.1) is 0 Å². The van der Waals surface area contributed by atoms with Crippen LogP contribution in [-0.4, -0.2) is 13.7 Å². The monoisotopic (exact) mass is 219 g/mol. The van der Waals surface area contributed by atoms with Gasteiger partial charge in [-0.1, -0.05) is 6.07 Å². The largest absolute Gasteiger partial charge is 0.493 e. The number of rotatable bonds is 6. The summed E-state index contributed by atoms with van der Waals surface area (Å²) >= 11 is 0. The Morgan fingerprint density at radius 2 is 2.06 bits per heavy atom. The SMILES string of the molecule is COc1cc(C)ccc1OCCCCC#N. The van der Waals surface area contributed by atoms with Crippen molar-refractivity contribution in [3.05, 3.63) is 23.8 Å². The lowest BCUT2D eigenvalue weighted by atomic mass is 10.2. The maximum absolute atomic E-state index is 8.38. The molecule has 0 aliphatic carbocycles. The molecule has 0 N–H and O–H groups in total. The fourth-order valence-corrected chi connectivity index (χ4v) is 1.38. The van der Waals surface area contributed by atoms with E-state index in [-0.39, 0.29) is 0 Å². The van der Waals surface area contributed by atoms with Crippen molar-refractivity contribution >= 4 is 0 Å². The van der Waals surface area contributed by atoms with E-state index in [4.69, 9.17) is 14.7 Å². The van der Waals surface area contributed by atoms with Crippen LogP contribution in [0.3, 0.4) is 0 Å². The number of hydrogen-bond donors (Lipinski definition) is 0. The molecule has 0 spiro atoms. The predicted octanol–water partition coefficient (Wildman–Crippen LogP) is 3.08. The van der Waals surface area contributed by atoms with Crippen LogP contribution in [0.5, 0.6) is 11.5 Å². The van der Waals surface area contributed by atoms with Crippen LogP contribution in [0.25, 0.3) is 0 Å². The van der Waals surface area contributed by atoms with E-state index in [1.807, 2.05) is 25.1 Å². The lowest BCUT2D eigenvalue weighted by Crippen LogP contribution is -1.99. The van der Waals surface area contributed by atoms with E-state index in [1.165, 1.54) is 0 Å². The Bertz CT molecular complexity index is 369. The highest BCUT2D eigenvalue weighted by Gasteiger charge is 2.03. The maximum Gasteiger partial charge on any atom is 0.161 e. The Labute approximate surface area is 96.6 Å². The zero-order valence-electron chi connectivity index (χ0n) is 9.82. The molecule has 0 atom stereocenters. The van der Waals surface area contributed by atoms with Gasteiger partial charge in [-0.3, -0.25) is 0 Å². The Kier molecular flexibility index (Phi) is 5.21. The van der Waals surface area contributed by atoms with Gasteiger partial charge < -0.3 is 9.47 Å². The summed E-state index contributed by atoms with van der Waals surface area (Å²) < 4.78 is 10.8. The van der Waals surface area contributed by atoms with Crippen molar-refractivity contribution in [1.29, 1.82) is 5.26 Å². The van der Waals surface area contributed by atoms with Crippen molar-refractivity contribution < 1.29 is 9.47 Å². The Balaban J connectivity index is 2.44. The topological polar surface area (TPSA) is 42.2 Å². The van der Waals surface area contributed by atoms with Gasteiger partial charge in [-0.05, 0) is 37.5 Å². The number of ether oxygens (including phenoxy) is 2. The van der Waals surface area contributed by atoms with E-state index in [1.54, 1.807) is 7.11 Å². The van der Waals surface area contributed by atoms with Crippen molar-refractivity contribution in [3.8, 4) is 17.6 Å². The minimum absolute atomic E-state index is 0.592. The molecular weight excluding hydrogens is 202 g/mol. The molecule has 86 valence electrons. The number of benzene rings is 1. The smallest absolute Gasteiger partial charge is 0.161 e. The van der Waals surface area contributed by atoms with Crippen LogP contribution >= 0.6 is 0 Å². The van der Waals surface area contributed by atoms with Gasteiger partial charge in [0.2, 0.25) is 0 Å². The summed E-state index contributed by atoms with van der Waals surface area (Å²) in [4.78, 5) is 0. The van der Waals surface area contributed by atoms with Gasteiger partial charge >= 0.3 is 0 Å². The average Bonchev–Trinajstić information content (AvgIpc) is 2.30. The Morgan fingerprint density at radius 1 is 1.25 bits per heavy atom. The van der Waals surface area contributed by atoms with Crippen molar-refractivity contribution in [2.24, 2.45) is 0 Å². The fraction of sp³-hybridized carbons (Fsp3) is 0.462. The zero-order chi connectivity index (χ0) is 11.8. The molecule has 0 radical (unpaired) electrons. The van der Waals surface area contributed by atoms with E-state index in [0.717, 1.165) is 29.9 Å². The van der Waals surface area contributed by atoms with E-state index >= 15 is 0 Å². The molecule has 0 heterocycles. The molecule has 1 rings (SSSR count). The van der Waals surface area contributed by atoms with Crippen molar-refractivity contribution in [3.63, 3.8) is 0 Å². The molecule has 0 saturated heterocycles. The second-order valence-electron chi connectivity index (χ2n) is 3.62. The highest BCUT2D eigenvalue weighted by atomic mass is 16.5. The third-order valence-electron chi connectivity index (χ3n) is 2.26. The van der Waals surface area contributed by atoms with Crippen LogP contribution in [0.4, 0.5) is 0 Å². The van der Waals surface area contributed by atoms with Gasteiger partial charge in [-0.25, -0.2) is 0 Å². The highest BCUT2D eigenvalue weighted by Crippen LogP contribution is 2.27. The van der Waals surface area contributed by atoms with Gasteiger partial charge in [0, 0.05) is 6.42 Å². The van der Waals surface area contributed by atoms with Gasteiger partial charge in [0.15, 0.2) is 11.5 Å². The first-order chi connectivity index (χ1) is 7.77. The highest BCUT2D eigenvalue weighted by molar-refractivity contribution is 5.42. The molecule has 0 bridgehead atoms.